The molecule has 164 valence electrons. The van der Waals surface area contributed by atoms with Crippen molar-refractivity contribution in [3.63, 3.8) is 0 Å². The van der Waals surface area contributed by atoms with Crippen LogP contribution in [0.15, 0.2) is 60.0 Å². The minimum absolute atomic E-state index is 0.0518. The van der Waals surface area contributed by atoms with Crippen LogP contribution < -0.4 is 0 Å². The standard InChI is InChI=1S/C21H21F2N3O4S/c1-14-3-6-18(7-4-14)31(27,28)30-15(2)16-10-21(29-11-16,26-13-24-12-25-26)19-8-5-17(22)9-20(19)23/h3-9,12-13,15-16H,10-11H2,1-2H3/t15?,16-,21+/m0/s1. The fourth-order valence-electron chi connectivity index (χ4n) is 3.73. The molecule has 1 aliphatic heterocycles. The molecule has 0 bridgehead atoms. The summed E-state index contributed by atoms with van der Waals surface area (Å²) in [7, 11) is -4.00. The molecule has 0 amide bonds. The highest BCUT2D eigenvalue weighted by Gasteiger charge is 2.48. The summed E-state index contributed by atoms with van der Waals surface area (Å²) in [5.74, 6) is -1.92. The Kier molecular flexibility index (Phi) is 5.63. The molecular formula is C21H21F2N3O4S. The summed E-state index contributed by atoms with van der Waals surface area (Å²) in [6.07, 6.45) is 2.05. The average Bonchev–Trinajstić information content (AvgIpc) is 3.39. The molecule has 31 heavy (non-hydrogen) atoms. The number of hydrogen-bond acceptors (Lipinski definition) is 6. The van der Waals surface area contributed by atoms with Crippen molar-refractivity contribution in [3.05, 3.63) is 77.9 Å². The molecule has 0 saturated carbocycles. The Bertz CT molecular complexity index is 1170. The number of aryl methyl sites for hydroxylation is 1. The molecule has 3 aromatic rings. The van der Waals surface area contributed by atoms with E-state index in [2.05, 4.69) is 10.1 Å². The number of rotatable bonds is 6. The van der Waals surface area contributed by atoms with Crippen LogP contribution in [0.3, 0.4) is 0 Å². The predicted molar refractivity (Wildman–Crippen MR) is 106 cm³/mol. The Morgan fingerprint density at radius 2 is 1.97 bits per heavy atom. The Hall–Kier alpha value is -2.69. The molecule has 4 rings (SSSR count). The van der Waals surface area contributed by atoms with Crippen molar-refractivity contribution in [1.29, 1.82) is 0 Å². The van der Waals surface area contributed by atoms with E-state index in [0.717, 1.165) is 17.7 Å². The maximum atomic E-state index is 14.7. The first-order valence-corrected chi connectivity index (χ1v) is 11.1. The Morgan fingerprint density at radius 3 is 2.61 bits per heavy atom. The molecule has 7 nitrogen and oxygen atoms in total. The fourth-order valence-corrected chi connectivity index (χ4v) is 4.87. The summed E-state index contributed by atoms with van der Waals surface area (Å²) in [6.45, 7) is 3.56. The van der Waals surface area contributed by atoms with Crippen molar-refractivity contribution in [2.75, 3.05) is 6.61 Å². The minimum Gasteiger partial charge on any atom is -0.349 e. The molecule has 3 atom stereocenters. The van der Waals surface area contributed by atoms with Gasteiger partial charge in [-0.15, -0.1) is 0 Å². The molecule has 2 heterocycles. The van der Waals surface area contributed by atoms with Gasteiger partial charge in [-0.1, -0.05) is 17.7 Å². The number of ether oxygens (including phenoxy) is 1. The number of aromatic nitrogens is 3. The van der Waals surface area contributed by atoms with Crippen molar-refractivity contribution >= 4 is 10.1 Å². The van der Waals surface area contributed by atoms with E-state index in [1.165, 1.54) is 35.5 Å². The highest BCUT2D eigenvalue weighted by Crippen LogP contribution is 2.43. The maximum Gasteiger partial charge on any atom is 0.297 e. The van der Waals surface area contributed by atoms with E-state index in [1.807, 2.05) is 6.92 Å². The van der Waals surface area contributed by atoms with Crippen molar-refractivity contribution in [1.82, 2.24) is 14.8 Å². The van der Waals surface area contributed by atoms with Gasteiger partial charge in [0.1, 0.15) is 24.3 Å². The molecule has 0 spiro atoms. The Labute approximate surface area is 178 Å². The third kappa shape index (κ3) is 4.10. The second kappa shape index (κ2) is 8.10. The molecule has 2 aromatic carbocycles. The van der Waals surface area contributed by atoms with E-state index in [1.54, 1.807) is 19.1 Å². The lowest BCUT2D eigenvalue weighted by atomic mass is 9.91. The molecular weight excluding hydrogens is 428 g/mol. The second-order valence-electron chi connectivity index (χ2n) is 7.59. The van der Waals surface area contributed by atoms with Gasteiger partial charge in [-0.3, -0.25) is 4.18 Å². The third-order valence-corrected chi connectivity index (χ3v) is 6.87. The lowest BCUT2D eigenvalue weighted by molar-refractivity contribution is -0.0393. The van der Waals surface area contributed by atoms with E-state index in [4.69, 9.17) is 8.92 Å². The molecule has 0 aliphatic carbocycles. The predicted octanol–water partition coefficient (Wildman–Crippen LogP) is 3.40. The summed E-state index contributed by atoms with van der Waals surface area (Å²) in [5.41, 5.74) is -0.393. The van der Waals surface area contributed by atoms with Gasteiger partial charge in [-0.25, -0.2) is 18.4 Å². The summed E-state index contributed by atoms with van der Waals surface area (Å²) >= 11 is 0. The molecule has 1 saturated heterocycles. The first-order valence-electron chi connectivity index (χ1n) is 9.66. The van der Waals surface area contributed by atoms with Gasteiger partial charge in [0.15, 0.2) is 5.72 Å². The molecule has 1 fully saturated rings. The van der Waals surface area contributed by atoms with Gasteiger partial charge in [0, 0.05) is 24.0 Å². The smallest absolute Gasteiger partial charge is 0.297 e. The normalized spacial score (nSPS) is 22.5. The van der Waals surface area contributed by atoms with Crippen LogP contribution in [0, 0.1) is 24.5 Å². The lowest BCUT2D eigenvalue weighted by Crippen LogP contribution is -2.36. The van der Waals surface area contributed by atoms with E-state index >= 15 is 0 Å². The molecule has 1 aromatic heterocycles. The van der Waals surface area contributed by atoms with Crippen molar-refractivity contribution in [2.45, 2.75) is 37.0 Å². The topological polar surface area (TPSA) is 83.3 Å². The van der Waals surface area contributed by atoms with Crippen LogP contribution in [-0.4, -0.2) is 35.9 Å². The minimum atomic E-state index is -4.00. The number of hydrogen-bond donors (Lipinski definition) is 0. The van der Waals surface area contributed by atoms with Gasteiger partial charge in [0.2, 0.25) is 0 Å². The molecule has 0 radical (unpaired) electrons. The van der Waals surface area contributed by atoms with E-state index < -0.39 is 39.5 Å². The molecule has 1 unspecified atom stereocenters. The highest BCUT2D eigenvalue weighted by atomic mass is 32.2. The van der Waals surface area contributed by atoms with Gasteiger partial charge in [-0.2, -0.15) is 13.5 Å². The zero-order valence-electron chi connectivity index (χ0n) is 16.9. The van der Waals surface area contributed by atoms with Crippen LogP contribution in [0.5, 0.6) is 0 Å². The van der Waals surface area contributed by atoms with Crippen molar-refractivity contribution < 1.29 is 26.1 Å². The van der Waals surface area contributed by atoms with Crippen LogP contribution in [0.2, 0.25) is 0 Å². The van der Waals surface area contributed by atoms with E-state index in [0.29, 0.717) is 0 Å². The first-order chi connectivity index (χ1) is 14.7. The van der Waals surface area contributed by atoms with Gasteiger partial charge < -0.3 is 4.74 Å². The Balaban J connectivity index is 1.61. The summed E-state index contributed by atoms with van der Waals surface area (Å²) < 4.78 is 66.3. The monoisotopic (exact) mass is 449 g/mol. The second-order valence-corrected chi connectivity index (χ2v) is 9.16. The lowest BCUT2D eigenvalue weighted by Gasteiger charge is -2.29. The summed E-state index contributed by atoms with van der Waals surface area (Å²) in [5, 5.41) is 4.10. The van der Waals surface area contributed by atoms with Gasteiger partial charge in [-0.05, 0) is 38.1 Å². The maximum absolute atomic E-state index is 14.7. The first kappa shape index (κ1) is 21.5. The van der Waals surface area contributed by atoms with Gasteiger partial charge in [0.05, 0.1) is 17.6 Å². The molecule has 10 heteroatoms. The van der Waals surface area contributed by atoms with Gasteiger partial charge >= 0.3 is 0 Å². The highest BCUT2D eigenvalue weighted by molar-refractivity contribution is 7.86. The van der Waals surface area contributed by atoms with Crippen molar-refractivity contribution in [2.24, 2.45) is 5.92 Å². The van der Waals surface area contributed by atoms with Crippen LogP contribution in [0.4, 0.5) is 8.78 Å². The SMILES string of the molecule is Cc1ccc(S(=O)(=O)OC(C)[C@@H]2CO[C@](c3ccc(F)cc3F)(n3cncn3)C2)cc1. The van der Waals surface area contributed by atoms with Crippen LogP contribution in [0.25, 0.3) is 0 Å². The Morgan fingerprint density at radius 1 is 1.23 bits per heavy atom. The van der Waals surface area contributed by atoms with Crippen molar-refractivity contribution in [3.8, 4) is 0 Å². The number of halogens is 2. The number of benzene rings is 2. The zero-order valence-corrected chi connectivity index (χ0v) is 17.7. The number of nitrogens with zero attached hydrogens (tertiary/aromatic N) is 3. The largest absolute Gasteiger partial charge is 0.349 e. The summed E-state index contributed by atoms with van der Waals surface area (Å²) in [6, 6.07) is 9.54. The van der Waals surface area contributed by atoms with Crippen LogP contribution in [-0.2, 0) is 24.8 Å². The fraction of sp³-hybridized carbons (Fsp3) is 0.333. The van der Waals surface area contributed by atoms with E-state index in [9.17, 15) is 17.2 Å². The quantitative estimate of drug-likeness (QED) is 0.537. The average molecular weight is 449 g/mol. The van der Waals surface area contributed by atoms with Crippen LogP contribution in [0.1, 0.15) is 24.5 Å². The third-order valence-electron chi connectivity index (χ3n) is 5.47. The van der Waals surface area contributed by atoms with Crippen LogP contribution >= 0.6 is 0 Å². The zero-order chi connectivity index (χ0) is 22.2. The summed E-state index contributed by atoms with van der Waals surface area (Å²) in [4.78, 5) is 3.96. The molecule has 0 N–H and O–H groups in total. The molecule has 1 aliphatic rings. The van der Waals surface area contributed by atoms with Gasteiger partial charge in [0.25, 0.3) is 10.1 Å². The van der Waals surface area contributed by atoms with E-state index in [-0.39, 0.29) is 23.5 Å².